The van der Waals surface area contributed by atoms with Gasteiger partial charge in [0.1, 0.15) is 0 Å². The molecule has 4 rings (SSSR count). The van der Waals surface area contributed by atoms with Crippen LogP contribution in [0.3, 0.4) is 0 Å². The highest BCUT2D eigenvalue weighted by Gasteiger charge is 2.16. The Bertz CT molecular complexity index is 1400. The zero-order valence-corrected chi connectivity index (χ0v) is 19.6. The summed E-state index contributed by atoms with van der Waals surface area (Å²) in [5.74, 6) is -0.106. The van der Waals surface area contributed by atoms with E-state index in [2.05, 4.69) is 5.32 Å². The van der Waals surface area contributed by atoms with E-state index in [0.717, 1.165) is 22.4 Å². The van der Waals surface area contributed by atoms with E-state index in [4.69, 9.17) is 16.6 Å². The van der Waals surface area contributed by atoms with E-state index in [1.54, 1.807) is 16.7 Å². The Morgan fingerprint density at radius 1 is 1.03 bits per heavy atom. The van der Waals surface area contributed by atoms with Crippen molar-refractivity contribution in [2.75, 3.05) is 11.1 Å². The lowest BCUT2D eigenvalue weighted by atomic mass is 10.1. The highest BCUT2D eigenvalue weighted by Crippen LogP contribution is 2.25. The van der Waals surface area contributed by atoms with Gasteiger partial charge in [-0.25, -0.2) is 4.98 Å². The molecule has 0 aliphatic heterocycles. The van der Waals surface area contributed by atoms with E-state index in [1.165, 1.54) is 11.8 Å². The van der Waals surface area contributed by atoms with E-state index in [9.17, 15) is 9.59 Å². The molecule has 0 atom stereocenters. The summed E-state index contributed by atoms with van der Waals surface area (Å²) in [5, 5.41) is 4.45. The van der Waals surface area contributed by atoms with Crippen molar-refractivity contribution in [1.29, 1.82) is 0 Å². The molecular formula is C25H22ClN3O2S. The van der Waals surface area contributed by atoms with Crippen LogP contribution in [0.2, 0.25) is 5.02 Å². The minimum atomic E-state index is -0.204. The second-order valence-corrected chi connectivity index (χ2v) is 8.99. The minimum absolute atomic E-state index is 0.0984. The van der Waals surface area contributed by atoms with Gasteiger partial charge in [-0.05, 0) is 62.2 Å². The van der Waals surface area contributed by atoms with Crippen LogP contribution in [0.25, 0.3) is 16.6 Å². The van der Waals surface area contributed by atoms with Gasteiger partial charge in [0.05, 0.1) is 22.3 Å². The first-order valence-corrected chi connectivity index (χ1v) is 11.5. The lowest BCUT2D eigenvalue weighted by Gasteiger charge is -2.15. The fourth-order valence-corrected chi connectivity index (χ4v) is 4.46. The molecule has 162 valence electrons. The van der Waals surface area contributed by atoms with E-state index < -0.39 is 0 Å². The number of hydrogen-bond acceptors (Lipinski definition) is 4. The maximum Gasteiger partial charge on any atom is 0.266 e. The molecule has 0 aliphatic rings. The Balaban J connectivity index is 1.68. The number of carbonyl (C=O) groups is 1. The number of amides is 1. The molecule has 1 aromatic heterocycles. The van der Waals surface area contributed by atoms with Crippen LogP contribution in [-0.2, 0) is 4.79 Å². The molecule has 0 unspecified atom stereocenters. The van der Waals surface area contributed by atoms with Crippen molar-refractivity contribution in [2.45, 2.75) is 25.9 Å². The molecule has 0 radical (unpaired) electrons. The lowest BCUT2D eigenvalue weighted by molar-refractivity contribution is -0.113. The quantitative estimate of drug-likeness (QED) is 0.305. The van der Waals surface area contributed by atoms with Crippen molar-refractivity contribution in [2.24, 2.45) is 0 Å². The summed E-state index contributed by atoms with van der Waals surface area (Å²) in [6.07, 6.45) is 0. The third kappa shape index (κ3) is 4.56. The maximum absolute atomic E-state index is 13.4. The van der Waals surface area contributed by atoms with Crippen LogP contribution in [0.15, 0.2) is 70.6 Å². The molecule has 1 N–H and O–H groups in total. The SMILES string of the molecule is Cc1ccc(-n2c(SCC(=O)Nc3ccc(C)c(Cl)c3)nc3ccccc3c2=O)c(C)c1. The number of carbonyl (C=O) groups excluding carboxylic acids is 1. The Kier molecular flexibility index (Phi) is 6.35. The Hall–Kier alpha value is -3.09. The standard InChI is InChI=1S/C25H22ClN3O2S/c1-15-8-11-22(17(3)12-15)29-24(31)19-6-4-5-7-21(19)28-25(29)32-14-23(30)27-18-10-9-16(2)20(26)13-18/h4-13H,14H2,1-3H3,(H,27,30). The first kappa shape index (κ1) is 22.1. The predicted molar refractivity (Wildman–Crippen MR) is 132 cm³/mol. The third-order valence-corrected chi connectivity index (χ3v) is 6.47. The second-order valence-electron chi connectivity index (χ2n) is 7.64. The number of halogens is 1. The number of para-hydroxylation sites is 1. The first-order chi connectivity index (χ1) is 15.3. The fourth-order valence-electron chi connectivity index (χ4n) is 3.48. The minimum Gasteiger partial charge on any atom is -0.325 e. The summed E-state index contributed by atoms with van der Waals surface area (Å²) in [4.78, 5) is 30.7. The molecule has 0 bridgehead atoms. The predicted octanol–water partition coefficient (Wildman–Crippen LogP) is 5.70. The smallest absolute Gasteiger partial charge is 0.266 e. The largest absolute Gasteiger partial charge is 0.325 e. The van der Waals surface area contributed by atoms with Crippen molar-refractivity contribution in [3.8, 4) is 5.69 Å². The van der Waals surface area contributed by atoms with E-state index in [-0.39, 0.29) is 17.2 Å². The van der Waals surface area contributed by atoms with Gasteiger partial charge >= 0.3 is 0 Å². The third-order valence-electron chi connectivity index (χ3n) is 5.13. The molecule has 1 amide bonds. The van der Waals surface area contributed by atoms with Crippen LogP contribution in [-0.4, -0.2) is 21.2 Å². The molecule has 0 saturated heterocycles. The zero-order valence-electron chi connectivity index (χ0n) is 18.0. The Labute approximate surface area is 195 Å². The summed E-state index contributed by atoms with van der Waals surface area (Å²) < 4.78 is 1.60. The van der Waals surface area contributed by atoms with Gasteiger partial charge in [0.15, 0.2) is 5.16 Å². The molecule has 0 aliphatic carbocycles. The van der Waals surface area contributed by atoms with Gasteiger partial charge < -0.3 is 5.32 Å². The average Bonchev–Trinajstić information content (AvgIpc) is 2.76. The van der Waals surface area contributed by atoms with Crippen LogP contribution in [0.1, 0.15) is 16.7 Å². The van der Waals surface area contributed by atoms with Crippen LogP contribution < -0.4 is 10.9 Å². The van der Waals surface area contributed by atoms with Crippen LogP contribution >= 0.6 is 23.4 Å². The van der Waals surface area contributed by atoms with E-state index >= 15 is 0 Å². The Morgan fingerprint density at radius 3 is 2.56 bits per heavy atom. The van der Waals surface area contributed by atoms with Gasteiger partial charge in [0.2, 0.25) is 5.91 Å². The van der Waals surface area contributed by atoms with Gasteiger partial charge in [-0.15, -0.1) is 0 Å². The number of anilines is 1. The maximum atomic E-state index is 13.4. The van der Waals surface area contributed by atoms with Gasteiger partial charge in [0, 0.05) is 10.7 Å². The number of benzene rings is 3. The number of aryl methyl sites for hydroxylation is 3. The molecule has 32 heavy (non-hydrogen) atoms. The molecule has 0 saturated carbocycles. The number of nitrogens with one attached hydrogen (secondary N) is 1. The number of hydrogen-bond donors (Lipinski definition) is 1. The van der Waals surface area contributed by atoms with Crippen molar-refractivity contribution >= 4 is 45.9 Å². The lowest BCUT2D eigenvalue weighted by Crippen LogP contribution is -2.23. The fraction of sp³-hybridized carbons (Fsp3) is 0.160. The Morgan fingerprint density at radius 2 is 1.81 bits per heavy atom. The highest BCUT2D eigenvalue weighted by molar-refractivity contribution is 7.99. The zero-order chi connectivity index (χ0) is 22.8. The number of nitrogens with zero attached hydrogens (tertiary/aromatic N) is 2. The second kappa shape index (κ2) is 9.18. The number of rotatable bonds is 5. The topological polar surface area (TPSA) is 64.0 Å². The number of fused-ring (bicyclic) bond motifs is 1. The van der Waals surface area contributed by atoms with Crippen molar-refractivity contribution < 1.29 is 4.79 Å². The van der Waals surface area contributed by atoms with Crippen LogP contribution in [0.5, 0.6) is 0 Å². The summed E-state index contributed by atoms with van der Waals surface area (Å²) in [6, 6.07) is 18.5. The molecule has 0 spiro atoms. The molecular weight excluding hydrogens is 442 g/mol. The van der Waals surface area contributed by atoms with E-state index in [0.29, 0.717) is 26.8 Å². The van der Waals surface area contributed by atoms with Crippen LogP contribution in [0, 0.1) is 20.8 Å². The van der Waals surface area contributed by atoms with Crippen molar-refractivity contribution in [3.05, 3.63) is 92.7 Å². The monoisotopic (exact) mass is 463 g/mol. The van der Waals surface area contributed by atoms with Crippen molar-refractivity contribution in [3.63, 3.8) is 0 Å². The molecule has 1 heterocycles. The molecule has 3 aromatic carbocycles. The summed E-state index contributed by atoms with van der Waals surface area (Å²) in [5.41, 5.74) is 4.85. The number of thioether (sulfide) groups is 1. The average molecular weight is 464 g/mol. The van der Waals surface area contributed by atoms with Gasteiger partial charge in [-0.3, -0.25) is 14.2 Å². The summed E-state index contributed by atoms with van der Waals surface area (Å²) in [7, 11) is 0. The van der Waals surface area contributed by atoms with E-state index in [1.807, 2.05) is 69.3 Å². The molecule has 4 aromatic rings. The summed E-state index contributed by atoms with van der Waals surface area (Å²) in [6.45, 7) is 5.88. The van der Waals surface area contributed by atoms with Gasteiger partial charge in [-0.2, -0.15) is 0 Å². The molecule has 7 heteroatoms. The first-order valence-electron chi connectivity index (χ1n) is 10.1. The van der Waals surface area contributed by atoms with Gasteiger partial charge in [0.25, 0.3) is 5.56 Å². The van der Waals surface area contributed by atoms with Gasteiger partial charge in [-0.1, -0.05) is 59.3 Å². The van der Waals surface area contributed by atoms with Crippen molar-refractivity contribution in [1.82, 2.24) is 9.55 Å². The molecule has 5 nitrogen and oxygen atoms in total. The summed E-state index contributed by atoms with van der Waals surface area (Å²) >= 11 is 7.38. The molecule has 0 fully saturated rings. The van der Waals surface area contributed by atoms with Crippen LogP contribution in [0.4, 0.5) is 5.69 Å². The number of aromatic nitrogens is 2. The normalized spacial score (nSPS) is 11.0. The highest BCUT2D eigenvalue weighted by atomic mass is 35.5.